The van der Waals surface area contributed by atoms with E-state index in [4.69, 9.17) is 19.3 Å². The number of carbonyl (C=O) groups excluding carboxylic acids is 3. The minimum absolute atomic E-state index is 0.0529. The van der Waals surface area contributed by atoms with E-state index in [-0.39, 0.29) is 38.2 Å². The maximum Gasteiger partial charge on any atom is 0.333 e. The normalized spacial score (nSPS) is 15.0. The number of fused-ring (bicyclic) bond motifs is 1. The lowest BCUT2D eigenvalue weighted by Crippen LogP contribution is -2.49. The van der Waals surface area contributed by atoms with E-state index in [1.807, 2.05) is 104 Å². The zero-order chi connectivity index (χ0) is 35.8. The molecule has 1 unspecified atom stereocenters. The lowest BCUT2D eigenvalue weighted by molar-refractivity contribution is -0.153. The fraction of sp³-hybridized carbons (Fsp3) is 0.205. The van der Waals surface area contributed by atoms with Crippen molar-refractivity contribution in [1.29, 1.82) is 0 Å². The van der Waals surface area contributed by atoms with Crippen LogP contribution < -0.4 is 10.6 Å². The van der Waals surface area contributed by atoms with Gasteiger partial charge in [0.15, 0.2) is 0 Å². The lowest BCUT2D eigenvalue weighted by Gasteiger charge is -2.38. The van der Waals surface area contributed by atoms with Crippen molar-refractivity contribution in [3.63, 3.8) is 0 Å². The Morgan fingerprint density at radius 1 is 0.667 bits per heavy atom. The number of ether oxygens (including phenoxy) is 3. The van der Waals surface area contributed by atoms with Crippen LogP contribution in [0.4, 0.5) is 34.1 Å². The monoisotopic (exact) mass is 684 g/mol. The predicted octanol–water partition coefficient (Wildman–Crippen LogP) is 9.36. The lowest BCUT2D eigenvalue weighted by atomic mass is 9.99. The third-order valence-electron chi connectivity index (χ3n) is 7.99. The number of nitrogens with zero attached hydrogens (tertiary/aromatic N) is 4. The zero-order valence-electron chi connectivity index (χ0n) is 28.2. The van der Waals surface area contributed by atoms with E-state index in [9.17, 15) is 14.4 Å². The summed E-state index contributed by atoms with van der Waals surface area (Å²) in [6.07, 6.45) is -0.352. The van der Waals surface area contributed by atoms with Crippen LogP contribution >= 0.6 is 0 Å². The smallest absolute Gasteiger partial charge is 0.333 e. The van der Waals surface area contributed by atoms with Crippen LogP contribution in [0.2, 0.25) is 0 Å². The van der Waals surface area contributed by atoms with Crippen molar-refractivity contribution in [2.45, 2.75) is 32.4 Å². The molecular formula is C39H36N6O6. The Kier molecular flexibility index (Phi) is 10.4. The van der Waals surface area contributed by atoms with Gasteiger partial charge in [-0.1, -0.05) is 67.2 Å². The van der Waals surface area contributed by atoms with E-state index >= 15 is 0 Å². The van der Waals surface area contributed by atoms with Crippen LogP contribution in [0.1, 0.15) is 26.7 Å². The van der Waals surface area contributed by atoms with Crippen molar-refractivity contribution >= 4 is 73.6 Å². The first-order chi connectivity index (χ1) is 24.7. The third-order valence-corrected chi connectivity index (χ3v) is 7.99. The summed E-state index contributed by atoms with van der Waals surface area (Å²) in [5, 5.41) is 28.9. The highest BCUT2D eigenvalue weighted by Crippen LogP contribution is 2.44. The summed E-state index contributed by atoms with van der Waals surface area (Å²) in [6, 6.07) is 30.9. The Labute approximate surface area is 294 Å². The fourth-order valence-corrected chi connectivity index (χ4v) is 5.50. The van der Waals surface area contributed by atoms with Crippen LogP contribution in [0.15, 0.2) is 130 Å². The van der Waals surface area contributed by atoms with Gasteiger partial charge in [0.25, 0.3) is 0 Å². The number of esters is 3. The standard InChI is InChI=1S/C39H36N6O6/c1-25(2)38(48)50-23-22-49-34(46)20-21-35(47)51-24-39(3)40-32-15-9-10-26-16-17-33(37(41-39)36(26)32)45-44-31-19-18-30(28-13-7-8-14-29(28)31)43-42-27-11-5-4-6-12-27/h4-19,40-41H,1,20-24H2,2-3H3/b43-42+,45-44+. The second-order valence-corrected chi connectivity index (χ2v) is 12.1. The molecule has 1 heterocycles. The van der Waals surface area contributed by atoms with Crippen LogP contribution in [0.3, 0.4) is 0 Å². The van der Waals surface area contributed by atoms with Gasteiger partial charge in [0, 0.05) is 27.4 Å². The first-order valence-electron chi connectivity index (χ1n) is 16.4. The summed E-state index contributed by atoms with van der Waals surface area (Å²) in [5.74, 6) is -1.74. The summed E-state index contributed by atoms with van der Waals surface area (Å²) in [5.41, 5.74) is 3.66. The van der Waals surface area contributed by atoms with E-state index < -0.39 is 23.6 Å². The quantitative estimate of drug-likeness (QED) is 0.0409. The summed E-state index contributed by atoms with van der Waals surface area (Å²) in [7, 11) is 0. The summed E-state index contributed by atoms with van der Waals surface area (Å²) < 4.78 is 15.5. The summed E-state index contributed by atoms with van der Waals surface area (Å²) >= 11 is 0. The van der Waals surface area contributed by atoms with Crippen molar-refractivity contribution in [2.75, 3.05) is 30.5 Å². The molecule has 2 N–H and O–H groups in total. The molecule has 0 amide bonds. The molecule has 6 rings (SSSR count). The van der Waals surface area contributed by atoms with E-state index in [1.165, 1.54) is 6.92 Å². The van der Waals surface area contributed by atoms with Gasteiger partial charge in [0.05, 0.1) is 35.6 Å². The second-order valence-electron chi connectivity index (χ2n) is 12.1. The third kappa shape index (κ3) is 8.42. The number of benzene rings is 5. The average molecular weight is 685 g/mol. The van der Waals surface area contributed by atoms with Crippen LogP contribution in [-0.2, 0) is 28.6 Å². The fourth-order valence-electron chi connectivity index (χ4n) is 5.50. The highest BCUT2D eigenvalue weighted by atomic mass is 16.6. The topological polar surface area (TPSA) is 152 Å². The maximum absolute atomic E-state index is 12.6. The van der Waals surface area contributed by atoms with Gasteiger partial charge < -0.3 is 24.8 Å². The molecule has 258 valence electrons. The molecule has 0 aliphatic carbocycles. The van der Waals surface area contributed by atoms with Crippen LogP contribution in [0, 0.1) is 0 Å². The van der Waals surface area contributed by atoms with Gasteiger partial charge in [-0.3, -0.25) is 9.59 Å². The molecule has 51 heavy (non-hydrogen) atoms. The molecule has 0 saturated carbocycles. The first-order valence-corrected chi connectivity index (χ1v) is 16.4. The Bertz CT molecular complexity index is 2180. The molecule has 1 atom stereocenters. The zero-order valence-corrected chi connectivity index (χ0v) is 28.2. The largest absolute Gasteiger partial charge is 0.462 e. The van der Waals surface area contributed by atoms with Gasteiger partial charge in [-0.05, 0) is 55.6 Å². The Morgan fingerprint density at radius 2 is 1.27 bits per heavy atom. The molecule has 12 nitrogen and oxygen atoms in total. The summed E-state index contributed by atoms with van der Waals surface area (Å²) in [4.78, 5) is 36.1. The Balaban J connectivity index is 1.14. The van der Waals surface area contributed by atoms with Crippen molar-refractivity contribution in [3.05, 3.63) is 109 Å². The van der Waals surface area contributed by atoms with Crippen molar-refractivity contribution in [1.82, 2.24) is 0 Å². The first kappa shape index (κ1) is 34.4. The average Bonchev–Trinajstić information content (AvgIpc) is 3.14. The van der Waals surface area contributed by atoms with Crippen molar-refractivity contribution in [2.24, 2.45) is 20.5 Å². The molecule has 0 fully saturated rings. The molecule has 12 heteroatoms. The Hall–Kier alpha value is -6.43. The van der Waals surface area contributed by atoms with Gasteiger partial charge in [-0.25, -0.2) is 4.79 Å². The molecule has 0 aromatic heterocycles. The van der Waals surface area contributed by atoms with Crippen LogP contribution in [-0.4, -0.2) is 43.4 Å². The van der Waals surface area contributed by atoms with E-state index in [2.05, 4.69) is 32.6 Å². The maximum atomic E-state index is 12.6. The molecular weight excluding hydrogens is 648 g/mol. The predicted molar refractivity (Wildman–Crippen MR) is 195 cm³/mol. The van der Waals surface area contributed by atoms with Crippen LogP contribution in [0.25, 0.3) is 21.5 Å². The highest BCUT2D eigenvalue weighted by molar-refractivity contribution is 6.09. The van der Waals surface area contributed by atoms with E-state index in [0.717, 1.165) is 44.3 Å². The molecule has 5 aromatic rings. The number of rotatable bonds is 13. The second kappa shape index (κ2) is 15.4. The molecule has 0 radical (unpaired) electrons. The van der Waals surface area contributed by atoms with Gasteiger partial charge >= 0.3 is 17.9 Å². The molecule has 0 saturated heterocycles. The number of carbonyl (C=O) groups is 3. The molecule has 0 bridgehead atoms. The minimum atomic E-state index is -0.908. The molecule has 1 aliphatic heterocycles. The van der Waals surface area contributed by atoms with E-state index in [1.54, 1.807) is 0 Å². The van der Waals surface area contributed by atoms with Crippen molar-refractivity contribution < 1.29 is 28.6 Å². The number of azo groups is 2. The van der Waals surface area contributed by atoms with E-state index in [0.29, 0.717) is 11.4 Å². The van der Waals surface area contributed by atoms with Crippen LogP contribution in [0.5, 0.6) is 0 Å². The van der Waals surface area contributed by atoms with Gasteiger partial charge in [-0.15, -0.1) is 15.3 Å². The Morgan fingerprint density at radius 3 is 1.98 bits per heavy atom. The summed E-state index contributed by atoms with van der Waals surface area (Å²) in [6.45, 7) is 6.60. The number of anilines is 2. The molecule has 0 spiro atoms. The minimum Gasteiger partial charge on any atom is -0.462 e. The SMILES string of the molecule is C=C(C)C(=O)OCCOC(=O)CCC(=O)OCC1(C)Nc2cccc3ccc(/N=N/c4ccc(/N=N/c5ccccc5)c5ccccc45)c(c23)N1. The molecule has 5 aromatic carbocycles. The van der Waals surface area contributed by atoms with Gasteiger partial charge in [0.2, 0.25) is 0 Å². The number of nitrogens with one attached hydrogen (secondary N) is 2. The highest BCUT2D eigenvalue weighted by Gasteiger charge is 2.33. The van der Waals surface area contributed by atoms with Gasteiger partial charge in [0.1, 0.15) is 31.2 Å². The van der Waals surface area contributed by atoms with Gasteiger partial charge in [-0.2, -0.15) is 5.11 Å². The number of hydrogen-bond donors (Lipinski definition) is 2. The number of hydrogen-bond acceptors (Lipinski definition) is 12. The van der Waals surface area contributed by atoms with Crippen molar-refractivity contribution in [3.8, 4) is 0 Å². The molecule has 1 aliphatic rings.